The van der Waals surface area contributed by atoms with Crippen molar-refractivity contribution in [2.75, 3.05) is 6.54 Å². The SMILES string of the molecule is CC(C)(C)OC(=O)NCC(=Cc1cc(Br)cc(C(=O)O)c1)B1OC(C)(C)C(C)(C)O1. The van der Waals surface area contributed by atoms with Gasteiger partial charge in [0.25, 0.3) is 0 Å². The fraction of sp³-hybridized carbons (Fsp3) is 0.524. The van der Waals surface area contributed by atoms with Gasteiger partial charge in [0.05, 0.1) is 16.8 Å². The van der Waals surface area contributed by atoms with Crippen molar-refractivity contribution in [3.8, 4) is 0 Å². The van der Waals surface area contributed by atoms with Gasteiger partial charge in [-0.3, -0.25) is 0 Å². The average molecular weight is 482 g/mol. The topological polar surface area (TPSA) is 94.1 Å². The molecule has 2 N–H and O–H groups in total. The molecule has 0 radical (unpaired) electrons. The molecule has 0 unspecified atom stereocenters. The molecule has 0 saturated carbocycles. The minimum absolute atomic E-state index is 0.112. The summed E-state index contributed by atoms with van der Waals surface area (Å²) >= 11 is 3.34. The molecular formula is C21H29BBrNO6. The first kappa shape index (κ1) is 24.4. The highest BCUT2D eigenvalue weighted by atomic mass is 79.9. The molecule has 1 aromatic carbocycles. The highest BCUT2D eigenvalue weighted by Gasteiger charge is 2.52. The number of benzene rings is 1. The van der Waals surface area contributed by atoms with Crippen LogP contribution < -0.4 is 5.32 Å². The third-order valence-electron chi connectivity index (χ3n) is 4.91. The van der Waals surface area contributed by atoms with Gasteiger partial charge in [0.2, 0.25) is 0 Å². The fourth-order valence-corrected chi connectivity index (χ4v) is 3.23. The Kier molecular flexibility index (Phi) is 7.11. The van der Waals surface area contributed by atoms with Gasteiger partial charge in [0.15, 0.2) is 0 Å². The minimum atomic E-state index is -1.03. The summed E-state index contributed by atoms with van der Waals surface area (Å²) < 4.78 is 18.2. The maximum atomic E-state index is 12.2. The third-order valence-corrected chi connectivity index (χ3v) is 5.37. The van der Waals surface area contributed by atoms with E-state index in [4.69, 9.17) is 14.0 Å². The maximum absolute atomic E-state index is 12.2. The smallest absolute Gasteiger partial charge is 0.478 e. The lowest BCUT2D eigenvalue weighted by atomic mass is 9.77. The number of amides is 1. The van der Waals surface area contributed by atoms with E-state index >= 15 is 0 Å². The second-order valence-corrected chi connectivity index (χ2v) is 10.2. The van der Waals surface area contributed by atoms with Crippen molar-refractivity contribution in [2.24, 2.45) is 0 Å². The molecule has 1 aliphatic heterocycles. The van der Waals surface area contributed by atoms with Crippen molar-refractivity contribution in [1.29, 1.82) is 0 Å². The lowest BCUT2D eigenvalue weighted by molar-refractivity contribution is 0.00578. The van der Waals surface area contributed by atoms with Crippen molar-refractivity contribution in [3.05, 3.63) is 39.3 Å². The molecule has 0 aliphatic carbocycles. The fourth-order valence-electron chi connectivity index (χ4n) is 2.72. The van der Waals surface area contributed by atoms with Gasteiger partial charge < -0.3 is 24.5 Å². The number of hydrogen-bond acceptors (Lipinski definition) is 5. The Balaban J connectivity index is 2.36. The summed E-state index contributed by atoms with van der Waals surface area (Å²) in [5.41, 5.74) is -0.340. The van der Waals surface area contributed by atoms with Gasteiger partial charge in [0, 0.05) is 11.0 Å². The number of carbonyl (C=O) groups is 2. The summed E-state index contributed by atoms with van der Waals surface area (Å²) in [5.74, 6) is -1.03. The zero-order valence-electron chi connectivity index (χ0n) is 18.5. The lowest BCUT2D eigenvalue weighted by Gasteiger charge is -2.32. The lowest BCUT2D eigenvalue weighted by Crippen LogP contribution is -2.41. The molecule has 1 amide bonds. The highest BCUT2D eigenvalue weighted by Crippen LogP contribution is 2.38. The van der Waals surface area contributed by atoms with Crippen LogP contribution in [0.1, 0.15) is 64.4 Å². The number of rotatable bonds is 5. The van der Waals surface area contributed by atoms with Crippen molar-refractivity contribution < 1.29 is 28.7 Å². The molecule has 1 heterocycles. The van der Waals surface area contributed by atoms with Crippen LogP contribution in [-0.2, 0) is 14.0 Å². The molecule has 1 aromatic rings. The van der Waals surface area contributed by atoms with Crippen LogP contribution in [0.4, 0.5) is 4.79 Å². The van der Waals surface area contributed by atoms with E-state index in [1.54, 1.807) is 39.0 Å². The zero-order chi connectivity index (χ0) is 22.9. The van der Waals surface area contributed by atoms with E-state index in [9.17, 15) is 14.7 Å². The molecule has 1 saturated heterocycles. The Morgan fingerprint density at radius 2 is 1.73 bits per heavy atom. The van der Waals surface area contributed by atoms with Gasteiger partial charge >= 0.3 is 19.2 Å². The van der Waals surface area contributed by atoms with Crippen molar-refractivity contribution >= 4 is 41.2 Å². The molecule has 7 nitrogen and oxygen atoms in total. The van der Waals surface area contributed by atoms with Gasteiger partial charge in [-0.15, -0.1) is 0 Å². The highest BCUT2D eigenvalue weighted by molar-refractivity contribution is 9.10. The zero-order valence-corrected chi connectivity index (χ0v) is 20.0. The number of alkyl carbamates (subject to hydrolysis) is 1. The molecule has 1 aliphatic rings. The number of carboxylic acids is 1. The van der Waals surface area contributed by atoms with Crippen molar-refractivity contribution in [2.45, 2.75) is 65.3 Å². The summed E-state index contributed by atoms with van der Waals surface area (Å²) in [4.78, 5) is 23.6. The quantitative estimate of drug-likeness (QED) is 0.592. The van der Waals surface area contributed by atoms with Crippen molar-refractivity contribution in [1.82, 2.24) is 5.32 Å². The van der Waals surface area contributed by atoms with E-state index in [0.29, 0.717) is 15.5 Å². The van der Waals surface area contributed by atoms with E-state index in [0.717, 1.165) is 0 Å². The Morgan fingerprint density at radius 1 is 1.17 bits per heavy atom. The van der Waals surface area contributed by atoms with E-state index in [1.165, 1.54) is 6.07 Å². The largest absolute Gasteiger partial charge is 0.492 e. The molecule has 2 rings (SSSR count). The van der Waals surface area contributed by atoms with Gasteiger partial charge in [-0.25, -0.2) is 9.59 Å². The van der Waals surface area contributed by atoms with Crippen LogP contribution in [0, 0.1) is 0 Å². The number of carbonyl (C=O) groups excluding carboxylic acids is 1. The molecule has 164 valence electrons. The number of aromatic carboxylic acids is 1. The Morgan fingerprint density at radius 3 is 2.23 bits per heavy atom. The van der Waals surface area contributed by atoms with Gasteiger partial charge in [0.1, 0.15) is 5.60 Å². The molecule has 30 heavy (non-hydrogen) atoms. The normalized spacial score (nSPS) is 18.3. The van der Waals surface area contributed by atoms with Crippen LogP contribution in [0.25, 0.3) is 6.08 Å². The molecule has 0 spiro atoms. The van der Waals surface area contributed by atoms with Gasteiger partial charge in [-0.2, -0.15) is 0 Å². The standard InChI is InChI=1S/C21H29BBrNO6/c1-19(2,3)28-18(27)24-12-15(22-29-20(4,5)21(6,7)30-22)9-13-8-14(17(25)26)11-16(23)10-13/h8-11H,12H2,1-7H3,(H,24,27)(H,25,26). The van der Waals surface area contributed by atoms with Crippen LogP contribution in [0.2, 0.25) is 0 Å². The van der Waals surface area contributed by atoms with Crippen LogP contribution in [0.5, 0.6) is 0 Å². The molecule has 9 heteroatoms. The molecular weight excluding hydrogens is 453 g/mol. The monoisotopic (exact) mass is 481 g/mol. The first-order valence-corrected chi connectivity index (χ1v) is 10.5. The predicted molar refractivity (Wildman–Crippen MR) is 119 cm³/mol. The van der Waals surface area contributed by atoms with Gasteiger partial charge in [-0.05, 0) is 77.7 Å². The van der Waals surface area contributed by atoms with Crippen LogP contribution in [0.3, 0.4) is 0 Å². The number of nitrogens with one attached hydrogen (secondary N) is 1. The van der Waals surface area contributed by atoms with Crippen LogP contribution in [0.15, 0.2) is 28.1 Å². The Labute approximate surface area is 186 Å². The predicted octanol–water partition coefficient (Wildman–Crippen LogP) is 4.69. The van der Waals surface area contributed by atoms with Gasteiger partial charge in [-0.1, -0.05) is 22.0 Å². The second kappa shape index (κ2) is 8.73. The maximum Gasteiger partial charge on any atom is 0.492 e. The molecule has 0 aromatic heterocycles. The average Bonchev–Trinajstić information content (AvgIpc) is 2.77. The second-order valence-electron chi connectivity index (χ2n) is 9.24. The number of halogens is 1. The third kappa shape index (κ3) is 6.33. The molecule has 1 fully saturated rings. The summed E-state index contributed by atoms with van der Waals surface area (Å²) in [6.45, 7) is 13.2. The summed E-state index contributed by atoms with van der Waals surface area (Å²) in [6, 6.07) is 4.85. The molecule has 0 bridgehead atoms. The van der Waals surface area contributed by atoms with E-state index in [1.807, 2.05) is 27.7 Å². The Hall–Kier alpha value is -1.84. The summed E-state index contributed by atoms with van der Waals surface area (Å²) in [6.07, 6.45) is 1.20. The van der Waals surface area contributed by atoms with E-state index in [-0.39, 0.29) is 12.1 Å². The minimum Gasteiger partial charge on any atom is -0.478 e. The summed E-state index contributed by atoms with van der Waals surface area (Å²) in [5, 5.41) is 12.1. The first-order valence-electron chi connectivity index (χ1n) is 9.66. The Bertz CT molecular complexity index is 844. The summed E-state index contributed by atoms with van der Waals surface area (Å²) in [7, 11) is -0.711. The van der Waals surface area contributed by atoms with E-state index in [2.05, 4.69) is 21.2 Å². The van der Waals surface area contributed by atoms with E-state index < -0.39 is 36.0 Å². The number of ether oxygens (including phenoxy) is 1. The van der Waals surface area contributed by atoms with Crippen molar-refractivity contribution in [3.63, 3.8) is 0 Å². The molecule has 0 atom stereocenters. The first-order chi connectivity index (χ1) is 13.6. The number of hydrogen-bond donors (Lipinski definition) is 2. The van der Waals surface area contributed by atoms with Crippen LogP contribution >= 0.6 is 15.9 Å². The van der Waals surface area contributed by atoms with Crippen LogP contribution in [-0.4, -0.2) is 47.6 Å². The number of carboxylic acid groups (broad SMARTS) is 1.